The predicted octanol–water partition coefficient (Wildman–Crippen LogP) is 3.56. The lowest BCUT2D eigenvalue weighted by molar-refractivity contribution is -0.137. The molecule has 1 heterocycles. The number of fused-ring (bicyclic) bond motifs is 2. The summed E-state index contributed by atoms with van der Waals surface area (Å²) in [6.45, 7) is 2.18. The first kappa shape index (κ1) is 21.1. The van der Waals surface area contributed by atoms with Crippen LogP contribution in [0.25, 0.3) is 0 Å². The van der Waals surface area contributed by atoms with Crippen molar-refractivity contribution in [3.8, 4) is 0 Å². The number of carboxylic acid groups (broad SMARTS) is 1. The molecule has 148 valence electrons. The van der Waals surface area contributed by atoms with Gasteiger partial charge < -0.3 is 10.2 Å². The second-order valence-electron chi connectivity index (χ2n) is 7.77. The van der Waals surface area contributed by atoms with Crippen molar-refractivity contribution in [2.24, 2.45) is 11.8 Å². The fourth-order valence-electron chi connectivity index (χ4n) is 4.17. The lowest BCUT2D eigenvalue weighted by Gasteiger charge is -2.29. The van der Waals surface area contributed by atoms with Crippen LogP contribution in [0.4, 0.5) is 0 Å². The van der Waals surface area contributed by atoms with Crippen molar-refractivity contribution in [3.63, 3.8) is 0 Å². The van der Waals surface area contributed by atoms with Crippen molar-refractivity contribution in [2.45, 2.75) is 89.3 Å². The lowest BCUT2D eigenvalue weighted by Crippen LogP contribution is -2.47. The Labute approximate surface area is 157 Å². The molecule has 0 radical (unpaired) electrons. The van der Waals surface area contributed by atoms with E-state index in [1.165, 1.54) is 12.8 Å². The number of hydrogen-bond donors (Lipinski definition) is 4. The third kappa shape index (κ3) is 6.86. The molecule has 2 bridgehead atoms. The number of aliphatic carboxylic acids is 1. The lowest BCUT2D eigenvalue weighted by atomic mass is 9.87. The number of aliphatic hydroxyl groups excluding tert-OH is 1. The van der Waals surface area contributed by atoms with Gasteiger partial charge in [-0.25, -0.2) is 0 Å². The number of hydrazine groups is 1. The zero-order valence-corrected chi connectivity index (χ0v) is 16.1. The van der Waals surface area contributed by atoms with Crippen LogP contribution in [-0.4, -0.2) is 34.4 Å². The molecule has 5 nitrogen and oxygen atoms in total. The van der Waals surface area contributed by atoms with Gasteiger partial charge >= 0.3 is 5.97 Å². The van der Waals surface area contributed by atoms with Crippen molar-refractivity contribution in [1.29, 1.82) is 0 Å². The predicted molar refractivity (Wildman–Crippen MR) is 105 cm³/mol. The van der Waals surface area contributed by atoms with Gasteiger partial charge in [-0.15, -0.1) is 0 Å². The highest BCUT2D eigenvalue weighted by Crippen LogP contribution is 2.39. The van der Waals surface area contributed by atoms with E-state index < -0.39 is 5.97 Å². The highest BCUT2D eigenvalue weighted by Gasteiger charge is 2.45. The van der Waals surface area contributed by atoms with E-state index in [1.807, 2.05) is 6.08 Å². The Kier molecular flexibility index (Phi) is 9.37. The summed E-state index contributed by atoms with van der Waals surface area (Å²) in [5, 5.41) is 18.8. The molecule has 0 aromatic heterocycles. The van der Waals surface area contributed by atoms with Gasteiger partial charge in [0, 0.05) is 18.5 Å². The Morgan fingerprint density at radius 3 is 2.73 bits per heavy atom. The van der Waals surface area contributed by atoms with E-state index >= 15 is 0 Å². The van der Waals surface area contributed by atoms with Crippen LogP contribution >= 0.6 is 0 Å². The summed E-state index contributed by atoms with van der Waals surface area (Å²) in [5.74, 6) is 0.329. The molecule has 2 fully saturated rings. The highest BCUT2D eigenvalue weighted by atomic mass is 16.4. The van der Waals surface area contributed by atoms with E-state index in [-0.39, 0.29) is 12.5 Å². The number of unbranched alkanes of at least 4 members (excludes halogenated alkanes) is 4. The van der Waals surface area contributed by atoms with Crippen LogP contribution in [0.5, 0.6) is 0 Å². The van der Waals surface area contributed by atoms with Crippen LogP contribution in [0.1, 0.15) is 71.1 Å². The molecular formula is C21H36N2O3. The standard InChI is InChI=1S/C21H36N2O3/c1-2-3-7-10-16(24)13-14-18-17(19-15-20(18)23-22-19)11-8-5-4-6-9-12-21(25)26/h5,8,13-14,16-20,22-24H,2-4,6-7,9-12,15H2,1H3,(H,25,26)/b8-5-,14-13+/t16-,17?,18?,19?,20?/m1/s1. The average molecular weight is 365 g/mol. The molecular weight excluding hydrogens is 328 g/mol. The molecule has 0 aromatic rings. The van der Waals surface area contributed by atoms with Crippen LogP contribution in [0, 0.1) is 11.8 Å². The van der Waals surface area contributed by atoms with Gasteiger partial charge in [-0.05, 0) is 50.4 Å². The fourth-order valence-corrected chi connectivity index (χ4v) is 4.17. The molecule has 1 aliphatic carbocycles. The molecule has 1 saturated heterocycles. The Morgan fingerprint density at radius 2 is 1.96 bits per heavy atom. The van der Waals surface area contributed by atoms with Crippen molar-refractivity contribution in [1.82, 2.24) is 10.9 Å². The Bertz CT molecular complexity index is 478. The zero-order chi connectivity index (χ0) is 18.8. The molecule has 5 heteroatoms. The van der Waals surface area contributed by atoms with Crippen LogP contribution < -0.4 is 10.9 Å². The second-order valence-corrected chi connectivity index (χ2v) is 7.77. The van der Waals surface area contributed by atoms with Crippen molar-refractivity contribution >= 4 is 5.97 Å². The zero-order valence-electron chi connectivity index (χ0n) is 16.1. The molecule has 4 N–H and O–H groups in total. The Balaban J connectivity index is 1.74. The molecule has 26 heavy (non-hydrogen) atoms. The van der Waals surface area contributed by atoms with Crippen LogP contribution in [0.3, 0.4) is 0 Å². The van der Waals surface area contributed by atoms with E-state index in [1.54, 1.807) is 0 Å². The molecule has 0 spiro atoms. The third-order valence-electron chi connectivity index (χ3n) is 5.68. The summed E-state index contributed by atoms with van der Waals surface area (Å²) in [5.41, 5.74) is 6.77. The van der Waals surface area contributed by atoms with Gasteiger partial charge in [0.15, 0.2) is 0 Å². The van der Waals surface area contributed by atoms with E-state index in [4.69, 9.17) is 5.11 Å². The summed E-state index contributed by atoms with van der Waals surface area (Å²) in [7, 11) is 0. The normalized spacial score (nSPS) is 29.2. The summed E-state index contributed by atoms with van der Waals surface area (Å²) >= 11 is 0. The van der Waals surface area contributed by atoms with Gasteiger partial charge in [0.2, 0.25) is 0 Å². The number of carboxylic acids is 1. The molecule has 0 aromatic carbocycles. The number of carbonyl (C=O) groups is 1. The maximum absolute atomic E-state index is 10.5. The molecule has 2 aliphatic rings. The smallest absolute Gasteiger partial charge is 0.303 e. The van der Waals surface area contributed by atoms with Crippen LogP contribution in [0.2, 0.25) is 0 Å². The Morgan fingerprint density at radius 1 is 1.15 bits per heavy atom. The number of aliphatic hydroxyl groups is 1. The first-order valence-corrected chi connectivity index (χ1v) is 10.4. The summed E-state index contributed by atoms with van der Waals surface area (Å²) in [6, 6.07) is 0.969. The van der Waals surface area contributed by atoms with E-state index in [2.05, 4.69) is 36.0 Å². The van der Waals surface area contributed by atoms with E-state index in [0.29, 0.717) is 23.9 Å². The monoisotopic (exact) mass is 364 g/mol. The number of allylic oxidation sites excluding steroid dienone is 2. The fraction of sp³-hybridized carbons (Fsp3) is 0.762. The minimum atomic E-state index is -0.707. The van der Waals surface area contributed by atoms with Gasteiger partial charge in [0.25, 0.3) is 0 Å². The summed E-state index contributed by atoms with van der Waals surface area (Å²) in [6.07, 6.45) is 17.8. The highest BCUT2D eigenvalue weighted by molar-refractivity contribution is 5.66. The number of hydrogen-bond acceptors (Lipinski definition) is 4. The second kappa shape index (κ2) is 11.5. The number of nitrogens with one attached hydrogen (secondary N) is 2. The van der Waals surface area contributed by atoms with Gasteiger partial charge in [-0.2, -0.15) is 0 Å². The van der Waals surface area contributed by atoms with Crippen LogP contribution in [0.15, 0.2) is 24.3 Å². The van der Waals surface area contributed by atoms with Crippen molar-refractivity contribution in [2.75, 3.05) is 0 Å². The van der Waals surface area contributed by atoms with Gasteiger partial charge in [0.1, 0.15) is 0 Å². The number of rotatable bonds is 13. The first-order valence-electron chi connectivity index (χ1n) is 10.4. The SMILES string of the molecule is CCCCC[C@@H](O)/C=C/C1C2CC(NN2)C1C/C=C\CCCCC(=O)O. The summed E-state index contributed by atoms with van der Waals surface area (Å²) in [4.78, 5) is 10.5. The molecule has 0 amide bonds. The minimum absolute atomic E-state index is 0.267. The van der Waals surface area contributed by atoms with Gasteiger partial charge in [-0.1, -0.05) is 50.5 Å². The third-order valence-corrected chi connectivity index (χ3v) is 5.68. The topological polar surface area (TPSA) is 81.6 Å². The summed E-state index contributed by atoms with van der Waals surface area (Å²) < 4.78 is 0. The van der Waals surface area contributed by atoms with E-state index in [9.17, 15) is 9.90 Å². The van der Waals surface area contributed by atoms with Gasteiger partial charge in [0.05, 0.1) is 6.10 Å². The maximum atomic E-state index is 10.5. The van der Waals surface area contributed by atoms with Crippen molar-refractivity contribution in [3.05, 3.63) is 24.3 Å². The molecule has 5 atom stereocenters. The molecule has 2 rings (SSSR count). The molecule has 4 unspecified atom stereocenters. The Hall–Kier alpha value is -1.17. The average Bonchev–Trinajstić information content (AvgIpc) is 3.20. The molecule has 1 aliphatic heterocycles. The quantitative estimate of drug-likeness (QED) is 0.297. The maximum Gasteiger partial charge on any atom is 0.303 e. The van der Waals surface area contributed by atoms with E-state index in [0.717, 1.165) is 44.9 Å². The minimum Gasteiger partial charge on any atom is -0.481 e. The largest absolute Gasteiger partial charge is 0.481 e. The van der Waals surface area contributed by atoms with Gasteiger partial charge in [-0.3, -0.25) is 15.6 Å². The van der Waals surface area contributed by atoms with Crippen LogP contribution in [-0.2, 0) is 4.79 Å². The van der Waals surface area contributed by atoms with Crippen molar-refractivity contribution < 1.29 is 15.0 Å². The molecule has 1 saturated carbocycles. The first-order chi connectivity index (χ1) is 12.6.